The Bertz CT molecular complexity index is 928. The number of benzene rings is 2. The van der Waals surface area contributed by atoms with Gasteiger partial charge < -0.3 is 14.8 Å². The van der Waals surface area contributed by atoms with Gasteiger partial charge in [0.2, 0.25) is 11.8 Å². The lowest BCUT2D eigenvalue weighted by molar-refractivity contribution is -0.118. The minimum absolute atomic E-state index is 0.0880. The van der Waals surface area contributed by atoms with Crippen molar-refractivity contribution in [2.45, 2.75) is 13.8 Å². The Morgan fingerprint density at radius 3 is 2.23 bits per heavy atom. The van der Waals surface area contributed by atoms with Gasteiger partial charge in [0.05, 0.1) is 0 Å². The van der Waals surface area contributed by atoms with E-state index in [9.17, 15) is 14.7 Å². The number of aromatic nitrogens is 1. The zero-order valence-electron chi connectivity index (χ0n) is 14.4. The SMILES string of the molecule is CC(C)C(=O)Nc1ccc(-c2oc(-c3ccccc3)nc2C(=O)O)cc1. The predicted molar refractivity (Wildman–Crippen MR) is 97.8 cm³/mol. The molecule has 0 unspecified atom stereocenters. The van der Waals surface area contributed by atoms with E-state index in [0.29, 0.717) is 16.8 Å². The van der Waals surface area contributed by atoms with E-state index in [4.69, 9.17) is 4.42 Å². The molecule has 0 radical (unpaired) electrons. The van der Waals surface area contributed by atoms with Gasteiger partial charge in [0, 0.05) is 22.7 Å². The van der Waals surface area contributed by atoms with E-state index >= 15 is 0 Å². The molecule has 0 atom stereocenters. The highest BCUT2D eigenvalue weighted by atomic mass is 16.4. The first-order valence-corrected chi connectivity index (χ1v) is 8.16. The van der Waals surface area contributed by atoms with E-state index in [2.05, 4.69) is 10.3 Å². The monoisotopic (exact) mass is 350 g/mol. The highest BCUT2D eigenvalue weighted by Gasteiger charge is 2.21. The first kappa shape index (κ1) is 17.4. The summed E-state index contributed by atoms with van der Waals surface area (Å²) in [5.74, 6) is -0.956. The minimum Gasteiger partial charge on any atom is -0.476 e. The molecule has 0 aliphatic carbocycles. The highest BCUT2D eigenvalue weighted by molar-refractivity contribution is 5.94. The van der Waals surface area contributed by atoms with Gasteiger partial charge in [-0.3, -0.25) is 4.79 Å². The van der Waals surface area contributed by atoms with Crippen LogP contribution in [0, 0.1) is 5.92 Å². The van der Waals surface area contributed by atoms with Crippen LogP contribution in [0.1, 0.15) is 24.3 Å². The van der Waals surface area contributed by atoms with E-state index in [1.165, 1.54) is 0 Å². The summed E-state index contributed by atoms with van der Waals surface area (Å²) in [6, 6.07) is 15.9. The summed E-state index contributed by atoms with van der Waals surface area (Å²) in [7, 11) is 0. The maximum absolute atomic E-state index is 11.8. The number of hydrogen-bond donors (Lipinski definition) is 2. The third-order valence-corrected chi connectivity index (χ3v) is 3.79. The summed E-state index contributed by atoms with van der Waals surface area (Å²) in [6.07, 6.45) is 0. The molecule has 0 aliphatic rings. The van der Waals surface area contributed by atoms with Gasteiger partial charge in [-0.15, -0.1) is 0 Å². The average molecular weight is 350 g/mol. The molecule has 0 bridgehead atoms. The lowest BCUT2D eigenvalue weighted by atomic mass is 10.1. The zero-order valence-corrected chi connectivity index (χ0v) is 14.4. The van der Waals surface area contributed by atoms with E-state index in [0.717, 1.165) is 0 Å². The second-order valence-electron chi connectivity index (χ2n) is 6.09. The molecule has 6 heteroatoms. The molecule has 0 saturated heterocycles. The molecule has 1 heterocycles. The van der Waals surface area contributed by atoms with Crippen molar-refractivity contribution in [3.05, 3.63) is 60.3 Å². The Hall–Kier alpha value is -3.41. The number of aromatic carboxylic acids is 1. The summed E-state index contributed by atoms with van der Waals surface area (Å²) < 4.78 is 5.73. The number of carbonyl (C=O) groups excluding carboxylic acids is 1. The zero-order chi connectivity index (χ0) is 18.7. The Morgan fingerprint density at radius 2 is 1.65 bits per heavy atom. The maximum Gasteiger partial charge on any atom is 0.358 e. The summed E-state index contributed by atoms with van der Waals surface area (Å²) >= 11 is 0. The van der Waals surface area contributed by atoms with Gasteiger partial charge in [-0.25, -0.2) is 9.78 Å². The van der Waals surface area contributed by atoms with Crippen LogP contribution in [0.3, 0.4) is 0 Å². The molecule has 1 amide bonds. The third kappa shape index (κ3) is 3.64. The van der Waals surface area contributed by atoms with Crippen molar-refractivity contribution in [3.8, 4) is 22.8 Å². The Morgan fingerprint density at radius 1 is 1.00 bits per heavy atom. The highest BCUT2D eigenvalue weighted by Crippen LogP contribution is 2.30. The molecule has 2 aromatic carbocycles. The van der Waals surface area contributed by atoms with Crippen molar-refractivity contribution in [1.29, 1.82) is 0 Å². The van der Waals surface area contributed by atoms with Gasteiger partial charge in [-0.2, -0.15) is 0 Å². The van der Waals surface area contributed by atoms with Crippen molar-refractivity contribution < 1.29 is 19.1 Å². The molecule has 1 aromatic heterocycles. The number of carbonyl (C=O) groups is 2. The number of carboxylic acids is 1. The second kappa shape index (κ2) is 7.23. The number of nitrogens with one attached hydrogen (secondary N) is 1. The van der Waals surface area contributed by atoms with E-state index in [1.54, 1.807) is 36.4 Å². The molecule has 3 aromatic rings. The number of carboxylic acid groups (broad SMARTS) is 1. The van der Waals surface area contributed by atoms with E-state index in [1.807, 2.05) is 32.0 Å². The topological polar surface area (TPSA) is 92.4 Å². The molecule has 0 fully saturated rings. The first-order chi connectivity index (χ1) is 12.5. The summed E-state index contributed by atoms with van der Waals surface area (Å²) in [5, 5.41) is 12.2. The summed E-state index contributed by atoms with van der Waals surface area (Å²) in [5.41, 5.74) is 1.75. The quantitative estimate of drug-likeness (QED) is 0.715. The number of hydrogen-bond acceptors (Lipinski definition) is 4. The van der Waals surface area contributed by atoms with Crippen LogP contribution in [0.25, 0.3) is 22.8 Å². The Kier molecular flexibility index (Phi) is 4.84. The van der Waals surface area contributed by atoms with Crippen LogP contribution < -0.4 is 5.32 Å². The van der Waals surface area contributed by atoms with Gasteiger partial charge in [0.1, 0.15) is 0 Å². The Labute approximate surface area is 150 Å². The fraction of sp³-hybridized carbons (Fsp3) is 0.150. The molecule has 3 rings (SSSR count). The van der Waals surface area contributed by atoms with Gasteiger partial charge >= 0.3 is 5.97 Å². The molecule has 132 valence electrons. The molecular formula is C20H18N2O4. The van der Waals surface area contributed by atoms with Gasteiger partial charge in [-0.05, 0) is 36.4 Å². The van der Waals surface area contributed by atoms with Crippen molar-refractivity contribution in [3.63, 3.8) is 0 Å². The lowest BCUT2D eigenvalue weighted by Gasteiger charge is -2.08. The molecular weight excluding hydrogens is 332 g/mol. The number of anilines is 1. The number of amides is 1. The van der Waals surface area contributed by atoms with Crippen molar-refractivity contribution in [2.75, 3.05) is 5.32 Å². The predicted octanol–water partition coefficient (Wildman–Crippen LogP) is 4.30. The smallest absolute Gasteiger partial charge is 0.358 e. The number of oxazole rings is 1. The number of nitrogens with zero attached hydrogens (tertiary/aromatic N) is 1. The fourth-order valence-electron chi connectivity index (χ4n) is 2.36. The van der Waals surface area contributed by atoms with Crippen LogP contribution in [-0.4, -0.2) is 22.0 Å². The van der Waals surface area contributed by atoms with E-state index < -0.39 is 5.97 Å². The van der Waals surface area contributed by atoms with Crippen molar-refractivity contribution >= 4 is 17.6 Å². The molecule has 0 saturated carbocycles. The minimum atomic E-state index is -1.16. The molecule has 0 aliphatic heterocycles. The molecule has 0 spiro atoms. The average Bonchev–Trinajstić information content (AvgIpc) is 3.09. The van der Waals surface area contributed by atoms with Crippen LogP contribution in [0.2, 0.25) is 0 Å². The first-order valence-electron chi connectivity index (χ1n) is 8.16. The second-order valence-corrected chi connectivity index (χ2v) is 6.09. The van der Waals surface area contributed by atoms with Crippen molar-refractivity contribution in [2.24, 2.45) is 5.92 Å². The fourth-order valence-corrected chi connectivity index (χ4v) is 2.36. The van der Waals surface area contributed by atoms with E-state index in [-0.39, 0.29) is 29.2 Å². The third-order valence-electron chi connectivity index (χ3n) is 3.79. The molecule has 26 heavy (non-hydrogen) atoms. The largest absolute Gasteiger partial charge is 0.476 e. The number of rotatable bonds is 5. The Balaban J connectivity index is 1.94. The van der Waals surface area contributed by atoms with Crippen LogP contribution in [-0.2, 0) is 4.79 Å². The van der Waals surface area contributed by atoms with Crippen LogP contribution in [0.4, 0.5) is 5.69 Å². The van der Waals surface area contributed by atoms with Crippen molar-refractivity contribution in [1.82, 2.24) is 4.98 Å². The summed E-state index contributed by atoms with van der Waals surface area (Å²) in [6.45, 7) is 3.62. The molecule has 2 N–H and O–H groups in total. The normalized spacial score (nSPS) is 10.7. The standard InChI is InChI=1S/C20H18N2O4/c1-12(2)18(23)21-15-10-8-13(9-11-15)17-16(20(24)25)22-19(26-17)14-6-4-3-5-7-14/h3-12H,1-2H3,(H,21,23)(H,24,25). The summed E-state index contributed by atoms with van der Waals surface area (Å²) in [4.78, 5) is 27.4. The van der Waals surface area contributed by atoms with Crippen LogP contribution in [0.5, 0.6) is 0 Å². The molecule has 6 nitrogen and oxygen atoms in total. The maximum atomic E-state index is 11.8. The lowest BCUT2D eigenvalue weighted by Crippen LogP contribution is -2.17. The van der Waals surface area contributed by atoms with Gasteiger partial charge in [0.15, 0.2) is 11.5 Å². The van der Waals surface area contributed by atoms with Crippen LogP contribution >= 0.6 is 0 Å². The van der Waals surface area contributed by atoms with Crippen LogP contribution in [0.15, 0.2) is 59.0 Å². The van der Waals surface area contributed by atoms with Gasteiger partial charge in [-0.1, -0.05) is 32.0 Å². The van der Waals surface area contributed by atoms with Gasteiger partial charge in [0.25, 0.3) is 0 Å².